The van der Waals surface area contributed by atoms with Gasteiger partial charge in [0, 0.05) is 13.1 Å². The van der Waals surface area contributed by atoms with Crippen LogP contribution in [-0.2, 0) is 13.0 Å². The maximum absolute atomic E-state index is 11.9. The highest BCUT2D eigenvalue weighted by atomic mass is 16.6. The van der Waals surface area contributed by atoms with Gasteiger partial charge in [-0.15, -0.1) is 0 Å². The second kappa shape index (κ2) is 5.97. The number of benzene rings is 2. The first-order valence-corrected chi connectivity index (χ1v) is 7.07. The molecule has 3 rings (SSSR count). The van der Waals surface area contributed by atoms with E-state index in [1.165, 1.54) is 11.1 Å². The van der Waals surface area contributed by atoms with Crippen LogP contribution in [0.2, 0.25) is 0 Å². The van der Waals surface area contributed by atoms with Crippen molar-refractivity contribution in [1.82, 2.24) is 10.4 Å². The predicted molar refractivity (Wildman–Crippen MR) is 80.9 cm³/mol. The SMILES string of the molecule is Cc1cccc(OC(=O)NN2CCc3ccccc3C2)c1. The predicted octanol–water partition coefficient (Wildman–Crippen LogP) is 3.06. The van der Waals surface area contributed by atoms with Crippen LogP contribution in [-0.4, -0.2) is 17.6 Å². The molecule has 1 amide bonds. The minimum Gasteiger partial charge on any atom is -0.409 e. The van der Waals surface area contributed by atoms with Gasteiger partial charge < -0.3 is 4.74 Å². The zero-order valence-electron chi connectivity index (χ0n) is 12.0. The topological polar surface area (TPSA) is 41.6 Å². The number of amides is 1. The number of hydrazine groups is 1. The number of fused-ring (bicyclic) bond motifs is 1. The number of nitrogens with zero attached hydrogens (tertiary/aromatic N) is 1. The van der Waals surface area contributed by atoms with Crippen molar-refractivity contribution >= 4 is 6.09 Å². The summed E-state index contributed by atoms with van der Waals surface area (Å²) in [7, 11) is 0. The molecule has 0 spiro atoms. The Morgan fingerprint density at radius 3 is 2.76 bits per heavy atom. The highest BCUT2D eigenvalue weighted by Gasteiger charge is 2.18. The molecule has 21 heavy (non-hydrogen) atoms. The minimum atomic E-state index is -0.444. The summed E-state index contributed by atoms with van der Waals surface area (Å²) in [6.07, 6.45) is 0.487. The van der Waals surface area contributed by atoms with E-state index in [-0.39, 0.29) is 0 Å². The fraction of sp³-hybridized carbons (Fsp3) is 0.235. The van der Waals surface area contributed by atoms with Gasteiger partial charge in [0.05, 0.1) is 0 Å². The summed E-state index contributed by atoms with van der Waals surface area (Å²) in [5, 5.41) is 1.89. The van der Waals surface area contributed by atoms with Crippen LogP contribution in [0.25, 0.3) is 0 Å². The molecule has 4 nitrogen and oxygen atoms in total. The third-order valence-corrected chi connectivity index (χ3v) is 3.58. The summed E-state index contributed by atoms with van der Waals surface area (Å²) in [6.45, 7) is 3.46. The van der Waals surface area contributed by atoms with E-state index >= 15 is 0 Å². The Balaban J connectivity index is 1.59. The second-order valence-corrected chi connectivity index (χ2v) is 5.26. The molecule has 1 N–H and O–H groups in total. The second-order valence-electron chi connectivity index (χ2n) is 5.26. The quantitative estimate of drug-likeness (QED) is 0.920. The lowest BCUT2D eigenvalue weighted by atomic mass is 10.0. The molecule has 0 aromatic heterocycles. The van der Waals surface area contributed by atoms with Crippen LogP contribution < -0.4 is 10.2 Å². The number of ether oxygens (including phenoxy) is 1. The van der Waals surface area contributed by atoms with E-state index in [0.29, 0.717) is 12.3 Å². The summed E-state index contributed by atoms with van der Waals surface area (Å²) in [5.74, 6) is 0.560. The molecule has 0 saturated carbocycles. The lowest BCUT2D eigenvalue weighted by Gasteiger charge is -2.28. The van der Waals surface area contributed by atoms with Crippen LogP contribution in [0.3, 0.4) is 0 Å². The summed E-state index contributed by atoms with van der Waals surface area (Å²) < 4.78 is 5.29. The van der Waals surface area contributed by atoms with Crippen molar-refractivity contribution in [1.29, 1.82) is 0 Å². The van der Waals surface area contributed by atoms with Crippen molar-refractivity contribution in [3.63, 3.8) is 0 Å². The van der Waals surface area contributed by atoms with Gasteiger partial charge in [-0.3, -0.25) is 5.43 Å². The van der Waals surface area contributed by atoms with Crippen molar-refractivity contribution in [3.05, 3.63) is 65.2 Å². The summed E-state index contributed by atoms with van der Waals surface area (Å²) >= 11 is 0. The lowest BCUT2D eigenvalue weighted by molar-refractivity contribution is 0.135. The van der Waals surface area contributed by atoms with Crippen molar-refractivity contribution in [2.24, 2.45) is 0 Å². The van der Waals surface area contributed by atoms with Gasteiger partial charge in [-0.05, 0) is 42.2 Å². The third-order valence-electron chi connectivity index (χ3n) is 3.58. The van der Waals surface area contributed by atoms with Crippen molar-refractivity contribution in [3.8, 4) is 5.75 Å². The molecular weight excluding hydrogens is 264 g/mol. The maximum atomic E-state index is 11.9. The monoisotopic (exact) mass is 282 g/mol. The molecule has 0 radical (unpaired) electrons. The number of aryl methyl sites for hydroxylation is 1. The third kappa shape index (κ3) is 3.41. The molecule has 108 valence electrons. The number of nitrogens with one attached hydrogen (secondary N) is 1. The summed E-state index contributed by atoms with van der Waals surface area (Å²) in [5.41, 5.74) is 6.46. The molecule has 0 saturated heterocycles. The molecule has 1 aliphatic rings. The van der Waals surface area contributed by atoms with E-state index in [2.05, 4.69) is 17.6 Å². The van der Waals surface area contributed by atoms with Gasteiger partial charge in [-0.25, -0.2) is 9.80 Å². The van der Waals surface area contributed by atoms with Crippen LogP contribution in [0.1, 0.15) is 16.7 Å². The summed E-state index contributed by atoms with van der Waals surface area (Å²) in [6, 6.07) is 15.7. The number of hydrogen-bond donors (Lipinski definition) is 1. The Labute approximate surface area is 124 Å². The molecule has 0 unspecified atom stereocenters. The van der Waals surface area contributed by atoms with Crippen LogP contribution in [0, 0.1) is 6.92 Å². The van der Waals surface area contributed by atoms with Crippen molar-refractivity contribution < 1.29 is 9.53 Å². The van der Waals surface area contributed by atoms with Crippen LogP contribution >= 0.6 is 0 Å². The molecule has 0 aliphatic carbocycles. The standard InChI is InChI=1S/C17H18N2O2/c1-13-5-4-8-16(11-13)21-17(20)18-19-10-9-14-6-2-3-7-15(14)12-19/h2-8,11H,9-10,12H2,1H3,(H,18,20). The Kier molecular flexibility index (Phi) is 3.88. The highest BCUT2D eigenvalue weighted by Crippen LogP contribution is 2.17. The molecular formula is C17H18N2O2. The largest absolute Gasteiger partial charge is 0.427 e. The fourth-order valence-corrected chi connectivity index (χ4v) is 2.53. The maximum Gasteiger partial charge on any atom is 0.427 e. The number of carbonyl (C=O) groups is 1. The molecule has 2 aromatic carbocycles. The molecule has 0 atom stereocenters. The van der Waals surface area contributed by atoms with E-state index in [0.717, 1.165) is 18.5 Å². The molecule has 0 bridgehead atoms. The van der Waals surface area contributed by atoms with Gasteiger partial charge in [0.1, 0.15) is 5.75 Å². The van der Waals surface area contributed by atoms with Gasteiger partial charge >= 0.3 is 6.09 Å². The molecule has 2 aromatic rings. The van der Waals surface area contributed by atoms with Crippen molar-refractivity contribution in [2.75, 3.05) is 6.54 Å². The normalized spacial score (nSPS) is 14.3. The minimum absolute atomic E-state index is 0.444. The van der Waals surface area contributed by atoms with E-state index in [1.54, 1.807) is 6.07 Å². The van der Waals surface area contributed by atoms with Gasteiger partial charge in [-0.2, -0.15) is 0 Å². The Morgan fingerprint density at radius 2 is 1.95 bits per heavy atom. The van der Waals surface area contributed by atoms with E-state index in [4.69, 9.17) is 4.74 Å². The summed E-state index contributed by atoms with van der Waals surface area (Å²) in [4.78, 5) is 11.9. The first-order valence-electron chi connectivity index (χ1n) is 7.07. The van der Waals surface area contributed by atoms with Gasteiger partial charge in [0.2, 0.25) is 0 Å². The average molecular weight is 282 g/mol. The first kappa shape index (κ1) is 13.6. The molecule has 1 aliphatic heterocycles. The average Bonchev–Trinajstić information content (AvgIpc) is 2.47. The van der Waals surface area contributed by atoms with Crippen molar-refractivity contribution in [2.45, 2.75) is 19.9 Å². The van der Waals surface area contributed by atoms with E-state index < -0.39 is 6.09 Å². The zero-order valence-corrected chi connectivity index (χ0v) is 12.0. The first-order chi connectivity index (χ1) is 10.2. The fourth-order valence-electron chi connectivity index (χ4n) is 2.53. The Bertz CT molecular complexity index is 655. The smallest absolute Gasteiger partial charge is 0.409 e. The van der Waals surface area contributed by atoms with Gasteiger partial charge in [-0.1, -0.05) is 36.4 Å². The van der Waals surface area contributed by atoms with Gasteiger partial charge in [0.15, 0.2) is 0 Å². The Morgan fingerprint density at radius 1 is 1.14 bits per heavy atom. The van der Waals surface area contributed by atoms with Crippen LogP contribution in [0.4, 0.5) is 4.79 Å². The number of rotatable bonds is 2. The number of carbonyl (C=O) groups excluding carboxylic acids is 1. The molecule has 0 fully saturated rings. The zero-order chi connectivity index (χ0) is 14.7. The lowest BCUT2D eigenvalue weighted by Crippen LogP contribution is -2.46. The van der Waals surface area contributed by atoms with E-state index in [1.807, 2.05) is 42.3 Å². The molecule has 1 heterocycles. The van der Waals surface area contributed by atoms with E-state index in [9.17, 15) is 4.79 Å². The highest BCUT2D eigenvalue weighted by molar-refractivity contribution is 5.69. The number of hydrogen-bond acceptors (Lipinski definition) is 3. The van der Waals surface area contributed by atoms with Crippen LogP contribution in [0.5, 0.6) is 5.75 Å². The van der Waals surface area contributed by atoms with Crippen LogP contribution in [0.15, 0.2) is 48.5 Å². The Hall–Kier alpha value is -2.33. The van der Waals surface area contributed by atoms with Gasteiger partial charge in [0.25, 0.3) is 0 Å². The molecule has 4 heteroatoms.